The van der Waals surface area contributed by atoms with E-state index in [9.17, 15) is 9.50 Å². The van der Waals surface area contributed by atoms with Crippen LogP contribution in [0.5, 0.6) is 5.75 Å². The Kier molecular flexibility index (Phi) is 4.85. The Labute approximate surface area is 180 Å². The van der Waals surface area contributed by atoms with Gasteiger partial charge in [0.1, 0.15) is 22.4 Å². The van der Waals surface area contributed by atoms with Crippen LogP contribution in [0.25, 0.3) is 21.5 Å². The SMILES string of the molecule is Oc1ccc(-c2nnc(Nc3nc(Nc4ccc(F)cc4)nc4ccccc34)s2)cc1. The summed E-state index contributed by atoms with van der Waals surface area (Å²) in [5.74, 6) is 0.827. The van der Waals surface area contributed by atoms with E-state index in [1.165, 1.54) is 23.5 Å². The summed E-state index contributed by atoms with van der Waals surface area (Å²) in [5, 5.41) is 26.3. The van der Waals surface area contributed by atoms with Crippen LogP contribution >= 0.6 is 11.3 Å². The monoisotopic (exact) mass is 430 g/mol. The Balaban J connectivity index is 1.47. The van der Waals surface area contributed by atoms with E-state index in [2.05, 4.69) is 30.8 Å². The van der Waals surface area contributed by atoms with Gasteiger partial charge in [-0.15, -0.1) is 10.2 Å². The third-order valence-electron chi connectivity index (χ3n) is 4.47. The molecule has 0 atom stereocenters. The molecule has 9 heteroatoms. The Hall–Kier alpha value is -4.11. The number of para-hydroxylation sites is 1. The molecule has 0 aliphatic heterocycles. The van der Waals surface area contributed by atoms with Gasteiger partial charge in [0.05, 0.1) is 5.52 Å². The molecule has 0 fully saturated rings. The predicted molar refractivity (Wildman–Crippen MR) is 120 cm³/mol. The molecule has 0 amide bonds. The maximum absolute atomic E-state index is 13.2. The Morgan fingerprint density at radius 3 is 2.39 bits per heavy atom. The summed E-state index contributed by atoms with van der Waals surface area (Å²) in [6.07, 6.45) is 0. The van der Waals surface area contributed by atoms with Crippen molar-refractivity contribution in [1.82, 2.24) is 20.2 Å². The number of fused-ring (bicyclic) bond motifs is 1. The van der Waals surface area contributed by atoms with Crippen molar-refractivity contribution in [2.45, 2.75) is 0 Å². The molecule has 0 saturated heterocycles. The summed E-state index contributed by atoms with van der Waals surface area (Å²) in [6, 6.07) is 20.4. The molecular weight excluding hydrogens is 415 g/mol. The first-order valence-electron chi connectivity index (χ1n) is 9.33. The second kappa shape index (κ2) is 7.96. The highest BCUT2D eigenvalue weighted by Gasteiger charge is 2.12. The lowest BCUT2D eigenvalue weighted by molar-refractivity contribution is 0.475. The van der Waals surface area contributed by atoms with Gasteiger partial charge in [0.15, 0.2) is 0 Å². The third-order valence-corrected chi connectivity index (χ3v) is 5.36. The predicted octanol–water partition coefficient (Wildman–Crippen LogP) is 5.48. The fourth-order valence-electron chi connectivity index (χ4n) is 2.99. The average molecular weight is 430 g/mol. The first kappa shape index (κ1) is 18.9. The molecule has 152 valence electrons. The molecular formula is C22H15FN6OS. The maximum Gasteiger partial charge on any atom is 0.229 e. The van der Waals surface area contributed by atoms with Gasteiger partial charge in [-0.1, -0.05) is 23.5 Å². The first-order valence-corrected chi connectivity index (χ1v) is 10.1. The van der Waals surface area contributed by atoms with E-state index in [1.807, 2.05) is 24.3 Å². The molecule has 0 saturated carbocycles. The van der Waals surface area contributed by atoms with Gasteiger partial charge in [-0.25, -0.2) is 9.37 Å². The van der Waals surface area contributed by atoms with Crippen molar-refractivity contribution >= 4 is 44.8 Å². The fraction of sp³-hybridized carbons (Fsp3) is 0. The smallest absolute Gasteiger partial charge is 0.229 e. The lowest BCUT2D eigenvalue weighted by atomic mass is 10.2. The molecule has 2 aromatic heterocycles. The molecule has 5 rings (SSSR count). The molecule has 0 spiro atoms. The summed E-state index contributed by atoms with van der Waals surface area (Å²) < 4.78 is 13.2. The number of aromatic hydroxyl groups is 1. The van der Waals surface area contributed by atoms with Crippen molar-refractivity contribution in [1.29, 1.82) is 0 Å². The van der Waals surface area contributed by atoms with Gasteiger partial charge in [-0.2, -0.15) is 4.98 Å². The maximum atomic E-state index is 13.2. The van der Waals surface area contributed by atoms with Crippen molar-refractivity contribution < 1.29 is 9.50 Å². The number of aromatic nitrogens is 4. The van der Waals surface area contributed by atoms with Gasteiger partial charge in [-0.05, 0) is 60.7 Å². The van der Waals surface area contributed by atoms with Crippen LogP contribution in [-0.4, -0.2) is 25.3 Å². The van der Waals surface area contributed by atoms with E-state index in [4.69, 9.17) is 0 Å². The number of hydrogen-bond acceptors (Lipinski definition) is 8. The topological polar surface area (TPSA) is 95.9 Å². The summed E-state index contributed by atoms with van der Waals surface area (Å²) in [4.78, 5) is 9.13. The van der Waals surface area contributed by atoms with Crippen LogP contribution in [0, 0.1) is 5.82 Å². The number of nitrogens with zero attached hydrogens (tertiary/aromatic N) is 4. The molecule has 0 aliphatic rings. The molecule has 3 N–H and O–H groups in total. The molecule has 3 aromatic carbocycles. The average Bonchev–Trinajstić information content (AvgIpc) is 3.24. The minimum Gasteiger partial charge on any atom is -0.508 e. The van der Waals surface area contributed by atoms with Crippen molar-refractivity contribution in [2.75, 3.05) is 10.6 Å². The number of hydrogen-bond donors (Lipinski definition) is 3. The van der Waals surface area contributed by atoms with Crippen LogP contribution in [0.2, 0.25) is 0 Å². The van der Waals surface area contributed by atoms with E-state index in [1.54, 1.807) is 36.4 Å². The molecule has 31 heavy (non-hydrogen) atoms. The molecule has 0 radical (unpaired) electrons. The van der Waals surface area contributed by atoms with Crippen molar-refractivity contribution in [2.24, 2.45) is 0 Å². The molecule has 2 heterocycles. The van der Waals surface area contributed by atoms with Crippen LogP contribution < -0.4 is 10.6 Å². The first-order chi connectivity index (χ1) is 15.1. The van der Waals surface area contributed by atoms with E-state index in [0.717, 1.165) is 16.5 Å². The van der Waals surface area contributed by atoms with Crippen LogP contribution in [0.3, 0.4) is 0 Å². The lowest BCUT2D eigenvalue weighted by Crippen LogP contribution is -2.02. The van der Waals surface area contributed by atoms with Gasteiger partial charge in [-0.3, -0.25) is 0 Å². The van der Waals surface area contributed by atoms with Gasteiger partial charge < -0.3 is 15.7 Å². The van der Waals surface area contributed by atoms with Crippen LogP contribution in [0.1, 0.15) is 0 Å². The summed E-state index contributed by atoms with van der Waals surface area (Å²) >= 11 is 1.37. The zero-order valence-corrected chi connectivity index (χ0v) is 16.8. The largest absolute Gasteiger partial charge is 0.508 e. The number of nitrogens with one attached hydrogen (secondary N) is 2. The fourth-order valence-corrected chi connectivity index (χ4v) is 3.73. The zero-order valence-electron chi connectivity index (χ0n) is 16.0. The van der Waals surface area contributed by atoms with Crippen molar-refractivity contribution in [3.63, 3.8) is 0 Å². The second-order valence-corrected chi connectivity index (χ2v) is 7.61. The third kappa shape index (κ3) is 4.12. The van der Waals surface area contributed by atoms with Gasteiger partial charge in [0, 0.05) is 16.6 Å². The highest BCUT2D eigenvalue weighted by molar-refractivity contribution is 7.18. The van der Waals surface area contributed by atoms with E-state index in [0.29, 0.717) is 27.6 Å². The number of benzene rings is 3. The van der Waals surface area contributed by atoms with Crippen LogP contribution in [0.15, 0.2) is 72.8 Å². The highest BCUT2D eigenvalue weighted by Crippen LogP contribution is 2.31. The van der Waals surface area contributed by atoms with Gasteiger partial charge in [0.25, 0.3) is 0 Å². The van der Waals surface area contributed by atoms with E-state index in [-0.39, 0.29) is 11.6 Å². The number of phenols is 1. The standard InChI is InChI=1S/C22H15FN6OS/c23-14-7-9-15(10-8-14)24-21-25-18-4-2-1-3-17(18)19(26-21)27-22-29-28-20(31-22)13-5-11-16(30)12-6-13/h1-12,30H,(H2,24,25,26,27,29). The normalized spacial score (nSPS) is 10.9. The molecule has 7 nitrogen and oxygen atoms in total. The quantitative estimate of drug-likeness (QED) is 0.340. The summed E-state index contributed by atoms with van der Waals surface area (Å²) in [7, 11) is 0. The summed E-state index contributed by atoms with van der Waals surface area (Å²) in [5.41, 5.74) is 2.27. The molecule has 0 bridgehead atoms. The van der Waals surface area contributed by atoms with Gasteiger partial charge >= 0.3 is 0 Å². The number of anilines is 4. The minimum absolute atomic E-state index is 0.195. The van der Waals surface area contributed by atoms with Crippen molar-refractivity contribution in [3.05, 3.63) is 78.6 Å². The lowest BCUT2D eigenvalue weighted by Gasteiger charge is -2.10. The number of halogens is 1. The Morgan fingerprint density at radius 1 is 0.806 bits per heavy atom. The van der Waals surface area contributed by atoms with Crippen molar-refractivity contribution in [3.8, 4) is 16.3 Å². The Morgan fingerprint density at radius 2 is 1.58 bits per heavy atom. The van der Waals surface area contributed by atoms with E-state index < -0.39 is 0 Å². The van der Waals surface area contributed by atoms with E-state index >= 15 is 0 Å². The van der Waals surface area contributed by atoms with Crippen LogP contribution in [0.4, 0.5) is 27.0 Å². The second-order valence-electron chi connectivity index (χ2n) is 6.63. The molecule has 5 aromatic rings. The molecule has 0 aliphatic carbocycles. The number of phenolic OH excluding ortho intramolecular Hbond substituents is 1. The summed E-state index contributed by atoms with van der Waals surface area (Å²) in [6.45, 7) is 0. The Bertz CT molecular complexity index is 1360. The molecule has 0 unspecified atom stereocenters. The van der Waals surface area contributed by atoms with Gasteiger partial charge in [0.2, 0.25) is 11.1 Å². The highest BCUT2D eigenvalue weighted by atomic mass is 32.1. The van der Waals surface area contributed by atoms with Crippen LogP contribution in [-0.2, 0) is 0 Å². The minimum atomic E-state index is -0.312. The number of rotatable bonds is 5. The zero-order chi connectivity index (χ0) is 21.2.